The van der Waals surface area contributed by atoms with Crippen LogP contribution in [0.15, 0.2) is 40.4 Å². The summed E-state index contributed by atoms with van der Waals surface area (Å²) in [6, 6.07) is 6.45. The molecule has 2 rings (SSSR count). The van der Waals surface area contributed by atoms with Gasteiger partial charge < -0.3 is 16.2 Å². The van der Waals surface area contributed by atoms with Crippen LogP contribution in [0.2, 0.25) is 0 Å². The molecule has 0 fully saturated rings. The van der Waals surface area contributed by atoms with E-state index in [9.17, 15) is 22.7 Å². The van der Waals surface area contributed by atoms with E-state index in [4.69, 9.17) is 5.73 Å². The molecule has 2 aromatic rings. The molecule has 1 amide bonds. The molecule has 1 atom stereocenters. The van der Waals surface area contributed by atoms with E-state index in [2.05, 4.69) is 15.3 Å². The monoisotopic (exact) mass is 458 g/mol. The van der Waals surface area contributed by atoms with Crippen molar-refractivity contribution in [1.82, 2.24) is 9.62 Å². The maximum atomic E-state index is 13.0. The van der Waals surface area contributed by atoms with Crippen LogP contribution in [0.4, 0.5) is 14.2 Å². The van der Waals surface area contributed by atoms with Crippen molar-refractivity contribution in [3.63, 3.8) is 0 Å². The van der Waals surface area contributed by atoms with Crippen molar-refractivity contribution in [2.24, 2.45) is 5.16 Å². The molecule has 0 aliphatic carbocycles. The number of aliphatic hydroxyl groups is 1. The number of nitrogen functional groups attached to an aromatic ring is 1. The summed E-state index contributed by atoms with van der Waals surface area (Å²) in [6.45, 7) is 3.38. The number of aliphatic hydroxyl groups excluding tert-OH is 1. The van der Waals surface area contributed by atoms with Crippen molar-refractivity contribution < 1.29 is 27.5 Å². The second kappa shape index (κ2) is 9.98. The van der Waals surface area contributed by atoms with Gasteiger partial charge in [0.25, 0.3) is 0 Å². The Morgan fingerprint density at radius 1 is 1.40 bits per heavy atom. The van der Waals surface area contributed by atoms with E-state index in [-0.39, 0.29) is 22.2 Å². The number of amides is 1. The lowest BCUT2D eigenvalue weighted by Crippen LogP contribution is -2.31. The first-order valence-electron chi connectivity index (χ1n) is 8.85. The van der Waals surface area contributed by atoms with Crippen LogP contribution in [0.1, 0.15) is 30.4 Å². The number of oxime groups is 1. The number of likely N-dealkylation sites (N-methyl/N-ethyl adjacent to an activating group) is 1. The van der Waals surface area contributed by atoms with Crippen molar-refractivity contribution in [2.75, 3.05) is 25.9 Å². The quantitative estimate of drug-likeness (QED) is 0.316. The zero-order chi connectivity index (χ0) is 22.5. The SMILES string of the molecule is CCNC(=O)O/N=C(/C)c1cc(S(=O)(=O)N(C)CC(O)c2ccc(F)cc2)c(N)s1. The van der Waals surface area contributed by atoms with Crippen molar-refractivity contribution in [3.05, 3.63) is 46.6 Å². The number of carbonyl (C=O) groups is 1. The van der Waals surface area contributed by atoms with Crippen LogP contribution in [0.25, 0.3) is 0 Å². The maximum Gasteiger partial charge on any atom is 0.433 e. The van der Waals surface area contributed by atoms with E-state index in [1.165, 1.54) is 37.4 Å². The van der Waals surface area contributed by atoms with Crippen LogP contribution in [-0.4, -0.2) is 49.8 Å². The number of nitrogens with one attached hydrogen (secondary N) is 1. The zero-order valence-electron chi connectivity index (χ0n) is 16.6. The molecule has 1 aromatic heterocycles. The predicted octanol–water partition coefficient (Wildman–Crippen LogP) is 2.29. The Morgan fingerprint density at radius 3 is 2.63 bits per heavy atom. The highest BCUT2D eigenvalue weighted by Gasteiger charge is 2.28. The molecule has 0 aliphatic heterocycles. The number of sulfonamides is 1. The molecule has 0 spiro atoms. The van der Waals surface area contributed by atoms with Crippen LogP contribution < -0.4 is 11.1 Å². The first-order valence-corrected chi connectivity index (χ1v) is 11.1. The molecule has 164 valence electrons. The molecular formula is C18H23FN4O5S2. The van der Waals surface area contributed by atoms with Gasteiger partial charge in [-0.1, -0.05) is 17.3 Å². The van der Waals surface area contributed by atoms with Crippen molar-refractivity contribution in [3.8, 4) is 0 Å². The fourth-order valence-corrected chi connectivity index (χ4v) is 4.87. The Bertz CT molecular complexity index is 1020. The van der Waals surface area contributed by atoms with Gasteiger partial charge in [0.2, 0.25) is 10.0 Å². The highest BCUT2D eigenvalue weighted by Crippen LogP contribution is 2.32. The number of nitrogens with two attached hydrogens (primary N) is 1. The third-order valence-electron chi connectivity index (χ3n) is 4.04. The number of halogens is 1. The van der Waals surface area contributed by atoms with Gasteiger partial charge in [-0.2, -0.15) is 4.31 Å². The van der Waals surface area contributed by atoms with E-state index >= 15 is 0 Å². The summed E-state index contributed by atoms with van der Waals surface area (Å²) >= 11 is 0.974. The van der Waals surface area contributed by atoms with Crippen LogP contribution in [0.3, 0.4) is 0 Å². The number of nitrogens with zero attached hydrogens (tertiary/aromatic N) is 2. The number of rotatable bonds is 8. The number of benzene rings is 1. The Kier molecular flexibility index (Phi) is 7.89. The standard InChI is InChI=1S/C18H23FN4O5S2/c1-4-21-18(25)28-22-11(2)15-9-16(17(20)29-15)30(26,27)23(3)10-14(24)12-5-7-13(19)8-6-12/h5-9,14,24H,4,10,20H2,1-3H3,(H,21,25)/b22-11-. The highest BCUT2D eigenvalue weighted by atomic mass is 32.2. The summed E-state index contributed by atoms with van der Waals surface area (Å²) in [6.07, 6.45) is -1.89. The van der Waals surface area contributed by atoms with Gasteiger partial charge in [0, 0.05) is 20.1 Å². The average Bonchev–Trinajstić information content (AvgIpc) is 3.09. The van der Waals surface area contributed by atoms with Gasteiger partial charge in [0.05, 0.1) is 16.7 Å². The molecule has 0 aliphatic rings. The lowest BCUT2D eigenvalue weighted by molar-refractivity contribution is 0.151. The van der Waals surface area contributed by atoms with E-state index in [1.54, 1.807) is 13.8 Å². The van der Waals surface area contributed by atoms with Gasteiger partial charge in [0.1, 0.15) is 15.7 Å². The smallest absolute Gasteiger partial charge is 0.389 e. The molecule has 30 heavy (non-hydrogen) atoms. The normalized spacial score (nSPS) is 13.3. The number of anilines is 1. The van der Waals surface area contributed by atoms with Crippen LogP contribution >= 0.6 is 11.3 Å². The predicted molar refractivity (Wildman–Crippen MR) is 112 cm³/mol. The summed E-state index contributed by atoms with van der Waals surface area (Å²) in [5.41, 5.74) is 6.55. The number of carbonyl (C=O) groups excluding carboxylic acids is 1. The lowest BCUT2D eigenvalue weighted by atomic mass is 10.1. The molecule has 0 radical (unpaired) electrons. The Labute approximate surface area is 178 Å². The zero-order valence-corrected chi connectivity index (χ0v) is 18.3. The van der Waals surface area contributed by atoms with Crippen LogP contribution in [0, 0.1) is 5.82 Å². The van der Waals surface area contributed by atoms with E-state index < -0.39 is 28.0 Å². The Balaban J connectivity index is 2.18. The number of hydrogen-bond donors (Lipinski definition) is 3. The summed E-state index contributed by atoms with van der Waals surface area (Å²) in [5, 5.41) is 16.4. The first kappa shape index (κ1) is 23.7. The molecule has 0 bridgehead atoms. The summed E-state index contributed by atoms with van der Waals surface area (Å²) < 4.78 is 39.8. The molecule has 12 heteroatoms. The van der Waals surface area contributed by atoms with Crippen LogP contribution in [-0.2, 0) is 14.9 Å². The first-order chi connectivity index (χ1) is 14.1. The lowest BCUT2D eigenvalue weighted by Gasteiger charge is -2.20. The Morgan fingerprint density at radius 2 is 2.03 bits per heavy atom. The molecule has 9 nitrogen and oxygen atoms in total. The largest absolute Gasteiger partial charge is 0.433 e. The molecular weight excluding hydrogens is 435 g/mol. The van der Waals surface area contributed by atoms with E-state index in [1.807, 2.05) is 0 Å². The van der Waals surface area contributed by atoms with Crippen molar-refractivity contribution >= 4 is 38.2 Å². The topological polar surface area (TPSA) is 134 Å². The molecule has 0 saturated heterocycles. The second-order valence-corrected chi connectivity index (χ2v) is 9.37. The third kappa shape index (κ3) is 5.75. The maximum absolute atomic E-state index is 13.0. The van der Waals surface area contributed by atoms with E-state index in [0.29, 0.717) is 17.0 Å². The fraction of sp³-hybridized carbons (Fsp3) is 0.333. The molecule has 1 aromatic carbocycles. The highest BCUT2D eigenvalue weighted by molar-refractivity contribution is 7.89. The van der Waals surface area contributed by atoms with Gasteiger partial charge in [-0.25, -0.2) is 17.6 Å². The second-order valence-electron chi connectivity index (χ2n) is 6.28. The van der Waals surface area contributed by atoms with Gasteiger partial charge in [0.15, 0.2) is 0 Å². The van der Waals surface area contributed by atoms with Gasteiger partial charge in [-0.05, 0) is 37.6 Å². The Hall–Kier alpha value is -2.54. The molecule has 1 heterocycles. The third-order valence-corrected chi connectivity index (χ3v) is 7.11. The fourth-order valence-electron chi connectivity index (χ4n) is 2.40. The van der Waals surface area contributed by atoms with Crippen molar-refractivity contribution in [1.29, 1.82) is 0 Å². The van der Waals surface area contributed by atoms with Gasteiger partial charge in [-0.15, -0.1) is 11.3 Å². The molecule has 0 saturated carbocycles. The minimum absolute atomic E-state index is 0.0284. The number of thiophene rings is 1. The van der Waals surface area contributed by atoms with Gasteiger partial charge in [-0.3, -0.25) is 4.84 Å². The minimum Gasteiger partial charge on any atom is -0.389 e. The van der Waals surface area contributed by atoms with Crippen molar-refractivity contribution in [2.45, 2.75) is 24.8 Å². The summed E-state index contributed by atoms with van der Waals surface area (Å²) in [4.78, 5) is 16.3. The van der Waals surface area contributed by atoms with Crippen LogP contribution in [0.5, 0.6) is 0 Å². The number of hydrogen-bond acceptors (Lipinski definition) is 8. The summed E-state index contributed by atoms with van der Waals surface area (Å²) in [7, 11) is -2.72. The molecule has 4 N–H and O–H groups in total. The van der Waals surface area contributed by atoms with E-state index in [0.717, 1.165) is 15.6 Å². The minimum atomic E-state index is -4.02. The van der Waals surface area contributed by atoms with Gasteiger partial charge >= 0.3 is 6.09 Å². The average molecular weight is 459 g/mol. The summed E-state index contributed by atoms with van der Waals surface area (Å²) in [5.74, 6) is -0.460. The molecule has 1 unspecified atom stereocenters.